The van der Waals surface area contributed by atoms with E-state index in [1.54, 1.807) is 30.0 Å². The molecule has 9 heteroatoms. The highest BCUT2D eigenvalue weighted by atomic mass is 79.9. The Hall–Kier alpha value is -1.65. The molecular formula is C14H17BrN4O4. The zero-order valence-corrected chi connectivity index (χ0v) is 14.1. The number of nitrogens with two attached hydrogens (primary N) is 1. The quantitative estimate of drug-likeness (QED) is 0.518. The lowest BCUT2D eigenvalue weighted by Crippen LogP contribution is -2.43. The molecule has 2 aromatic rings. The molecule has 1 fully saturated rings. The summed E-state index contributed by atoms with van der Waals surface area (Å²) in [5, 5.41) is 30.4. The third-order valence-corrected chi connectivity index (χ3v) is 5.02. The van der Waals surface area contributed by atoms with Gasteiger partial charge in [-0.15, -0.1) is 0 Å². The first kappa shape index (κ1) is 16.2. The standard InChI is InChI=1S/C14H17BrN4O4/c1-18-11(12(21)19(2)14(18)16)9-5-3-6(15)8(20)4-7(5)17-10(9)13(22)23/h3-4,11-12,14,17,20-21H,16H2,1-2H3,(H,22,23). The molecule has 3 atom stereocenters. The van der Waals surface area contributed by atoms with Crippen LogP contribution in [0.2, 0.25) is 0 Å². The molecule has 23 heavy (non-hydrogen) atoms. The number of aromatic nitrogens is 1. The van der Waals surface area contributed by atoms with Gasteiger partial charge in [-0.25, -0.2) is 4.79 Å². The number of nitrogens with zero attached hydrogens (tertiary/aromatic N) is 2. The van der Waals surface area contributed by atoms with E-state index in [1.807, 2.05) is 0 Å². The van der Waals surface area contributed by atoms with E-state index >= 15 is 0 Å². The fourth-order valence-corrected chi connectivity index (χ4v) is 3.44. The molecule has 8 nitrogen and oxygen atoms in total. The highest BCUT2D eigenvalue weighted by molar-refractivity contribution is 9.10. The predicted molar refractivity (Wildman–Crippen MR) is 86.9 cm³/mol. The van der Waals surface area contributed by atoms with Gasteiger partial charge in [0, 0.05) is 17.0 Å². The number of likely N-dealkylation sites (N-methyl/N-ethyl adjacent to an activating group) is 2. The van der Waals surface area contributed by atoms with Crippen LogP contribution in [0, 0.1) is 0 Å². The zero-order valence-electron chi connectivity index (χ0n) is 12.5. The maximum Gasteiger partial charge on any atom is 0.352 e. The van der Waals surface area contributed by atoms with Gasteiger partial charge in [0.15, 0.2) is 0 Å². The van der Waals surface area contributed by atoms with Gasteiger partial charge in [0.2, 0.25) is 0 Å². The van der Waals surface area contributed by atoms with Crippen molar-refractivity contribution < 1.29 is 20.1 Å². The number of fused-ring (bicyclic) bond motifs is 1. The van der Waals surface area contributed by atoms with E-state index in [-0.39, 0.29) is 11.4 Å². The van der Waals surface area contributed by atoms with Crippen molar-refractivity contribution in [3.63, 3.8) is 0 Å². The molecule has 0 radical (unpaired) electrons. The van der Waals surface area contributed by atoms with Crippen LogP contribution in [-0.2, 0) is 0 Å². The number of aliphatic hydroxyl groups excluding tert-OH is 1. The number of phenolic OH excluding ortho intramolecular Hbond substituents is 1. The van der Waals surface area contributed by atoms with Crippen molar-refractivity contribution in [3.05, 3.63) is 27.9 Å². The van der Waals surface area contributed by atoms with E-state index < -0.39 is 24.5 Å². The molecule has 6 N–H and O–H groups in total. The van der Waals surface area contributed by atoms with Crippen LogP contribution < -0.4 is 5.73 Å². The number of halogens is 1. The summed E-state index contributed by atoms with van der Waals surface area (Å²) in [5.41, 5.74) is 6.89. The lowest BCUT2D eigenvalue weighted by molar-refractivity contribution is 0.0284. The van der Waals surface area contributed by atoms with Gasteiger partial charge in [0.1, 0.15) is 24.0 Å². The van der Waals surface area contributed by atoms with Crippen LogP contribution in [0.15, 0.2) is 16.6 Å². The summed E-state index contributed by atoms with van der Waals surface area (Å²) in [6, 6.07) is 2.46. The molecule has 0 amide bonds. The maximum atomic E-state index is 11.6. The lowest BCUT2D eigenvalue weighted by atomic mass is 10.0. The van der Waals surface area contributed by atoms with Crippen molar-refractivity contribution in [2.24, 2.45) is 5.73 Å². The lowest BCUT2D eigenvalue weighted by Gasteiger charge is -2.23. The van der Waals surface area contributed by atoms with Crippen molar-refractivity contribution >= 4 is 32.8 Å². The maximum absolute atomic E-state index is 11.6. The molecule has 0 aliphatic carbocycles. The highest BCUT2D eigenvalue weighted by Gasteiger charge is 2.44. The van der Waals surface area contributed by atoms with Crippen molar-refractivity contribution in [1.82, 2.24) is 14.8 Å². The fourth-order valence-electron chi connectivity index (χ4n) is 3.09. The number of aliphatic hydroxyl groups is 1. The van der Waals surface area contributed by atoms with E-state index in [4.69, 9.17) is 5.73 Å². The number of carboxylic acids is 1. The largest absolute Gasteiger partial charge is 0.507 e. The summed E-state index contributed by atoms with van der Waals surface area (Å²) in [6.07, 6.45) is -1.50. The Bertz CT molecular complexity index is 779. The van der Waals surface area contributed by atoms with E-state index in [9.17, 15) is 20.1 Å². The van der Waals surface area contributed by atoms with Gasteiger partial charge in [-0.2, -0.15) is 0 Å². The summed E-state index contributed by atoms with van der Waals surface area (Å²) in [5.74, 6) is -1.15. The second-order valence-electron chi connectivity index (χ2n) is 5.67. The molecule has 2 heterocycles. The van der Waals surface area contributed by atoms with Crippen LogP contribution in [0.1, 0.15) is 22.1 Å². The Morgan fingerprint density at radius 2 is 2.00 bits per heavy atom. The number of rotatable bonds is 2. The van der Waals surface area contributed by atoms with Gasteiger partial charge in [0.25, 0.3) is 0 Å². The van der Waals surface area contributed by atoms with Crippen LogP contribution in [0.3, 0.4) is 0 Å². The SMILES string of the molecule is CN1C(O)C(c2c(C(=O)O)[nH]c3cc(O)c(Br)cc23)N(C)C1N. The van der Waals surface area contributed by atoms with Gasteiger partial charge in [0.05, 0.1) is 16.0 Å². The number of benzene rings is 1. The molecule has 1 aromatic heterocycles. The van der Waals surface area contributed by atoms with Crippen LogP contribution in [-0.4, -0.2) is 62.7 Å². The van der Waals surface area contributed by atoms with Gasteiger partial charge < -0.3 is 26.0 Å². The monoisotopic (exact) mass is 384 g/mol. The minimum Gasteiger partial charge on any atom is -0.507 e. The molecule has 1 aliphatic heterocycles. The average Bonchev–Trinajstić information content (AvgIpc) is 2.92. The number of carbonyl (C=O) groups is 1. The van der Waals surface area contributed by atoms with Crippen LogP contribution in [0.5, 0.6) is 5.75 Å². The first-order valence-corrected chi connectivity index (χ1v) is 7.68. The molecule has 3 unspecified atom stereocenters. The molecular weight excluding hydrogens is 368 g/mol. The Balaban J connectivity index is 2.29. The number of H-pyrrole nitrogens is 1. The molecule has 0 bridgehead atoms. The number of aromatic carboxylic acids is 1. The first-order chi connectivity index (χ1) is 10.7. The van der Waals surface area contributed by atoms with Crippen LogP contribution >= 0.6 is 15.9 Å². The smallest absolute Gasteiger partial charge is 0.352 e. The Morgan fingerprint density at radius 3 is 2.52 bits per heavy atom. The number of carboxylic acid groups (broad SMARTS) is 1. The average molecular weight is 385 g/mol. The number of hydrogen-bond acceptors (Lipinski definition) is 6. The summed E-state index contributed by atoms with van der Waals surface area (Å²) in [4.78, 5) is 17.7. The van der Waals surface area contributed by atoms with E-state index in [2.05, 4.69) is 20.9 Å². The number of aromatic amines is 1. The summed E-state index contributed by atoms with van der Waals surface area (Å²) < 4.78 is 0.440. The number of nitrogens with one attached hydrogen (secondary N) is 1. The van der Waals surface area contributed by atoms with Crippen molar-refractivity contribution in [2.45, 2.75) is 18.6 Å². The minimum absolute atomic E-state index is 0.00335. The van der Waals surface area contributed by atoms with Crippen molar-refractivity contribution in [3.8, 4) is 5.75 Å². The van der Waals surface area contributed by atoms with Crippen molar-refractivity contribution in [2.75, 3.05) is 14.1 Å². The third-order valence-electron chi connectivity index (χ3n) is 4.39. The molecule has 0 saturated carbocycles. The molecule has 3 rings (SSSR count). The van der Waals surface area contributed by atoms with Gasteiger partial charge in [-0.1, -0.05) is 0 Å². The normalized spacial score (nSPS) is 26.2. The molecule has 1 aliphatic rings. The fraction of sp³-hybridized carbons (Fsp3) is 0.357. The van der Waals surface area contributed by atoms with E-state index in [0.29, 0.717) is 20.9 Å². The molecule has 1 saturated heterocycles. The van der Waals surface area contributed by atoms with Gasteiger partial charge in [-0.05, 0) is 36.1 Å². The number of hydrogen-bond donors (Lipinski definition) is 5. The third kappa shape index (κ3) is 2.32. The van der Waals surface area contributed by atoms with Gasteiger partial charge in [-0.3, -0.25) is 9.80 Å². The molecule has 0 spiro atoms. The summed E-state index contributed by atoms with van der Waals surface area (Å²) in [6.45, 7) is 0. The first-order valence-electron chi connectivity index (χ1n) is 6.89. The molecule has 124 valence electrons. The van der Waals surface area contributed by atoms with Gasteiger partial charge >= 0.3 is 5.97 Å². The molecule has 1 aromatic carbocycles. The zero-order chi connectivity index (χ0) is 17.0. The summed E-state index contributed by atoms with van der Waals surface area (Å²) >= 11 is 3.24. The number of aromatic hydroxyl groups is 1. The second-order valence-corrected chi connectivity index (χ2v) is 6.53. The van der Waals surface area contributed by atoms with Crippen LogP contribution in [0.25, 0.3) is 10.9 Å². The Labute approximate surface area is 140 Å². The van der Waals surface area contributed by atoms with E-state index in [1.165, 1.54) is 6.07 Å². The van der Waals surface area contributed by atoms with E-state index in [0.717, 1.165) is 0 Å². The highest BCUT2D eigenvalue weighted by Crippen LogP contribution is 2.41. The minimum atomic E-state index is -1.14. The topological polar surface area (TPSA) is 126 Å². The Kier molecular flexibility index (Phi) is 3.85. The predicted octanol–water partition coefficient (Wildman–Crippen LogP) is 0.813. The Morgan fingerprint density at radius 1 is 1.35 bits per heavy atom. The van der Waals surface area contributed by atoms with Crippen LogP contribution in [0.4, 0.5) is 0 Å². The summed E-state index contributed by atoms with van der Waals surface area (Å²) in [7, 11) is 3.39. The van der Waals surface area contributed by atoms with Crippen molar-refractivity contribution in [1.29, 1.82) is 0 Å². The number of phenols is 1. The second kappa shape index (κ2) is 5.46.